The number of nitrogens with one attached hydrogen (secondary N) is 1. The summed E-state index contributed by atoms with van der Waals surface area (Å²) in [5, 5.41) is 11.0. The first-order valence-corrected chi connectivity index (χ1v) is 6.14. The van der Waals surface area contributed by atoms with Gasteiger partial charge in [0, 0.05) is 18.3 Å². The van der Waals surface area contributed by atoms with Crippen molar-refractivity contribution >= 4 is 0 Å². The molecule has 0 aliphatic rings. The molecule has 0 radical (unpaired) electrons. The SMILES string of the molecule is CNCc1cn(CCOCc2ccccc2F)nn1. The molecular formula is C13H17FN4O. The Morgan fingerprint density at radius 1 is 1.37 bits per heavy atom. The Kier molecular flexibility index (Phi) is 5.00. The Balaban J connectivity index is 1.73. The lowest BCUT2D eigenvalue weighted by Gasteiger charge is -2.05. The van der Waals surface area contributed by atoms with E-state index in [1.54, 1.807) is 22.9 Å². The molecule has 0 fully saturated rings. The summed E-state index contributed by atoms with van der Waals surface area (Å²) in [5.74, 6) is -0.237. The first kappa shape index (κ1) is 13.6. The lowest BCUT2D eigenvalue weighted by Crippen LogP contribution is -2.07. The highest BCUT2D eigenvalue weighted by molar-refractivity contribution is 5.16. The summed E-state index contributed by atoms with van der Waals surface area (Å²) in [7, 11) is 1.86. The van der Waals surface area contributed by atoms with Gasteiger partial charge in [-0.1, -0.05) is 23.4 Å². The monoisotopic (exact) mass is 264 g/mol. The molecule has 0 unspecified atom stereocenters. The fourth-order valence-electron chi connectivity index (χ4n) is 1.67. The van der Waals surface area contributed by atoms with Gasteiger partial charge in [-0.25, -0.2) is 9.07 Å². The van der Waals surface area contributed by atoms with Crippen LogP contribution in [0, 0.1) is 5.82 Å². The summed E-state index contributed by atoms with van der Waals surface area (Å²) in [4.78, 5) is 0. The quantitative estimate of drug-likeness (QED) is 0.767. The smallest absolute Gasteiger partial charge is 0.128 e. The van der Waals surface area contributed by atoms with Gasteiger partial charge in [-0.2, -0.15) is 0 Å². The average Bonchev–Trinajstić information content (AvgIpc) is 2.85. The van der Waals surface area contributed by atoms with Crippen LogP contribution in [0.25, 0.3) is 0 Å². The summed E-state index contributed by atoms with van der Waals surface area (Å²) in [6.07, 6.45) is 1.86. The van der Waals surface area contributed by atoms with Crippen LogP contribution in [-0.4, -0.2) is 28.6 Å². The number of rotatable bonds is 7. The summed E-state index contributed by atoms with van der Waals surface area (Å²) in [6, 6.07) is 6.61. The van der Waals surface area contributed by atoms with Crippen molar-refractivity contribution in [1.82, 2.24) is 20.3 Å². The summed E-state index contributed by atoms with van der Waals surface area (Å²) < 4.78 is 20.5. The average molecular weight is 264 g/mol. The molecule has 1 aromatic heterocycles. The van der Waals surface area contributed by atoms with E-state index < -0.39 is 0 Å². The maximum Gasteiger partial charge on any atom is 0.128 e. The molecule has 0 atom stereocenters. The maximum absolute atomic E-state index is 13.3. The Morgan fingerprint density at radius 2 is 2.21 bits per heavy atom. The van der Waals surface area contributed by atoms with Crippen molar-refractivity contribution in [2.45, 2.75) is 19.7 Å². The highest BCUT2D eigenvalue weighted by Crippen LogP contribution is 2.07. The van der Waals surface area contributed by atoms with Crippen LogP contribution in [0.2, 0.25) is 0 Å². The standard InChI is InChI=1S/C13H17FN4O/c1-15-8-12-9-18(17-16-12)6-7-19-10-11-4-2-3-5-13(11)14/h2-5,9,15H,6-8,10H2,1H3. The van der Waals surface area contributed by atoms with E-state index in [2.05, 4.69) is 15.6 Å². The van der Waals surface area contributed by atoms with Gasteiger partial charge in [0.1, 0.15) is 5.82 Å². The van der Waals surface area contributed by atoms with Crippen molar-refractivity contribution in [3.63, 3.8) is 0 Å². The van der Waals surface area contributed by atoms with Crippen molar-refractivity contribution in [3.8, 4) is 0 Å². The Bertz CT molecular complexity index is 515. The first-order chi connectivity index (χ1) is 9.29. The minimum Gasteiger partial charge on any atom is -0.375 e. The van der Waals surface area contributed by atoms with Crippen LogP contribution in [-0.2, 0) is 24.4 Å². The van der Waals surface area contributed by atoms with Crippen molar-refractivity contribution < 1.29 is 9.13 Å². The third-order valence-electron chi connectivity index (χ3n) is 2.62. The third kappa shape index (κ3) is 4.11. The zero-order chi connectivity index (χ0) is 13.5. The van der Waals surface area contributed by atoms with Crippen LogP contribution >= 0.6 is 0 Å². The normalized spacial score (nSPS) is 10.8. The maximum atomic E-state index is 13.3. The lowest BCUT2D eigenvalue weighted by atomic mass is 10.2. The molecule has 2 rings (SSSR count). The summed E-state index contributed by atoms with van der Waals surface area (Å²) in [6.45, 7) is 2.03. The van der Waals surface area contributed by atoms with Crippen LogP contribution in [0.15, 0.2) is 30.5 Å². The number of hydrogen-bond donors (Lipinski definition) is 1. The van der Waals surface area contributed by atoms with Gasteiger partial charge in [0.2, 0.25) is 0 Å². The summed E-state index contributed by atoms with van der Waals surface area (Å²) >= 11 is 0. The van der Waals surface area contributed by atoms with E-state index in [-0.39, 0.29) is 12.4 Å². The van der Waals surface area contributed by atoms with Crippen LogP contribution in [0.5, 0.6) is 0 Å². The molecule has 0 saturated carbocycles. The number of hydrogen-bond acceptors (Lipinski definition) is 4. The van der Waals surface area contributed by atoms with Gasteiger partial charge in [0.25, 0.3) is 0 Å². The van der Waals surface area contributed by atoms with Crippen LogP contribution in [0.1, 0.15) is 11.3 Å². The Morgan fingerprint density at radius 3 is 3.00 bits per heavy atom. The molecule has 0 spiro atoms. The second-order valence-electron chi connectivity index (χ2n) is 4.15. The summed E-state index contributed by atoms with van der Waals surface area (Å²) in [5.41, 5.74) is 1.45. The van der Waals surface area contributed by atoms with Crippen molar-refractivity contribution in [3.05, 3.63) is 47.5 Å². The number of halogens is 1. The molecule has 0 aliphatic carbocycles. The lowest BCUT2D eigenvalue weighted by molar-refractivity contribution is 0.108. The van der Waals surface area contributed by atoms with Gasteiger partial charge in [-0.3, -0.25) is 0 Å². The molecule has 0 bridgehead atoms. The van der Waals surface area contributed by atoms with Gasteiger partial charge in [0.05, 0.1) is 25.5 Å². The topological polar surface area (TPSA) is 52.0 Å². The minimum atomic E-state index is -0.237. The van der Waals surface area contributed by atoms with Crippen LogP contribution in [0.4, 0.5) is 4.39 Å². The largest absolute Gasteiger partial charge is 0.375 e. The molecule has 5 nitrogen and oxygen atoms in total. The molecule has 6 heteroatoms. The van der Waals surface area contributed by atoms with Gasteiger partial charge in [0.15, 0.2) is 0 Å². The van der Waals surface area contributed by atoms with E-state index in [1.165, 1.54) is 6.07 Å². The molecule has 102 valence electrons. The second-order valence-corrected chi connectivity index (χ2v) is 4.15. The van der Waals surface area contributed by atoms with E-state index in [9.17, 15) is 4.39 Å². The highest BCUT2D eigenvalue weighted by Gasteiger charge is 2.02. The van der Waals surface area contributed by atoms with E-state index in [0.717, 1.165) is 5.69 Å². The van der Waals surface area contributed by atoms with E-state index >= 15 is 0 Å². The molecule has 0 amide bonds. The predicted octanol–water partition coefficient (Wildman–Crippen LogP) is 1.35. The van der Waals surface area contributed by atoms with Crippen LogP contribution < -0.4 is 5.32 Å². The minimum absolute atomic E-state index is 0.237. The van der Waals surface area contributed by atoms with Crippen molar-refractivity contribution in [2.75, 3.05) is 13.7 Å². The van der Waals surface area contributed by atoms with Crippen molar-refractivity contribution in [1.29, 1.82) is 0 Å². The van der Waals surface area contributed by atoms with Gasteiger partial charge in [-0.05, 0) is 13.1 Å². The van der Waals surface area contributed by atoms with Gasteiger partial charge >= 0.3 is 0 Å². The number of aromatic nitrogens is 3. The molecule has 0 saturated heterocycles. The molecule has 1 aromatic carbocycles. The third-order valence-corrected chi connectivity index (χ3v) is 2.62. The molecular weight excluding hydrogens is 247 g/mol. The number of benzene rings is 1. The first-order valence-electron chi connectivity index (χ1n) is 6.14. The van der Waals surface area contributed by atoms with E-state index in [1.807, 2.05) is 13.2 Å². The molecule has 2 aromatic rings. The van der Waals surface area contributed by atoms with Gasteiger partial charge in [-0.15, -0.1) is 5.10 Å². The Hall–Kier alpha value is -1.79. The molecule has 0 aliphatic heterocycles. The van der Waals surface area contributed by atoms with Crippen LogP contribution in [0.3, 0.4) is 0 Å². The number of nitrogens with zero attached hydrogens (tertiary/aromatic N) is 3. The molecule has 1 heterocycles. The van der Waals surface area contributed by atoms with Gasteiger partial charge < -0.3 is 10.1 Å². The zero-order valence-corrected chi connectivity index (χ0v) is 10.8. The number of ether oxygens (including phenoxy) is 1. The predicted molar refractivity (Wildman–Crippen MR) is 68.8 cm³/mol. The zero-order valence-electron chi connectivity index (χ0n) is 10.8. The molecule has 19 heavy (non-hydrogen) atoms. The highest BCUT2D eigenvalue weighted by atomic mass is 19.1. The van der Waals surface area contributed by atoms with Crippen molar-refractivity contribution in [2.24, 2.45) is 0 Å². The molecule has 1 N–H and O–H groups in total. The Labute approximate surface area is 111 Å². The van der Waals surface area contributed by atoms with E-state index in [0.29, 0.717) is 25.3 Å². The fourth-order valence-corrected chi connectivity index (χ4v) is 1.67. The second kappa shape index (κ2) is 6.96. The van der Waals surface area contributed by atoms with E-state index in [4.69, 9.17) is 4.74 Å². The fraction of sp³-hybridized carbons (Fsp3) is 0.385.